The minimum atomic E-state index is -1.48. The fourth-order valence-electron chi connectivity index (χ4n) is 3.53. The van der Waals surface area contributed by atoms with Crippen LogP contribution in [0.1, 0.15) is 83.5 Å². The van der Waals surface area contributed by atoms with Crippen molar-refractivity contribution >= 4 is 17.5 Å². The molecule has 6 heteroatoms. The number of carboxylic acids is 1. The molecule has 0 aromatic carbocycles. The number of carbonyl (C=O) groups is 3. The second-order valence-corrected chi connectivity index (χ2v) is 7.53. The maximum atomic E-state index is 12.1. The third-order valence-electron chi connectivity index (χ3n) is 5.40. The van der Waals surface area contributed by atoms with E-state index in [1.165, 1.54) is 6.42 Å². The summed E-state index contributed by atoms with van der Waals surface area (Å²) in [4.78, 5) is 34.5. The molecule has 1 unspecified atom stereocenters. The third-order valence-corrected chi connectivity index (χ3v) is 5.40. The van der Waals surface area contributed by atoms with Crippen molar-refractivity contribution in [1.82, 2.24) is 0 Å². The van der Waals surface area contributed by atoms with E-state index in [0.717, 1.165) is 71.0 Å². The van der Waals surface area contributed by atoms with Gasteiger partial charge in [0.15, 0.2) is 6.29 Å². The molecule has 0 radical (unpaired) electrons. The van der Waals surface area contributed by atoms with Crippen LogP contribution in [0.2, 0.25) is 0 Å². The molecule has 1 aliphatic carbocycles. The molecule has 0 bridgehead atoms. The third kappa shape index (κ3) is 6.47. The number of hydrogen-bond acceptors (Lipinski definition) is 5. The molecular weight excluding hydrogens is 336 g/mol. The number of hydrogen-bond donors (Lipinski definition) is 1. The molecule has 1 aliphatic heterocycles. The van der Waals surface area contributed by atoms with E-state index in [0.29, 0.717) is 19.3 Å². The summed E-state index contributed by atoms with van der Waals surface area (Å²) in [5.41, 5.74) is -1.17. The van der Waals surface area contributed by atoms with Crippen molar-refractivity contribution < 1.29 is 29.0 Å². The van der Waals surface area contributed by atoms with Crippen molar-refractivity contribution in [1.29, 1.82) is 0 Å². The first kappa shape index (κ1) is 21.0. The monoisotopic (exact) mass is 368 g/mol. The summed E-state index contributed by atoms with van der Waals surface area (Å²) < 4.78 is 11.2. The zero-order chi connectivity index (χ0) is 18.8. The van der Waals surface area contributed by atoms with Crippen molar-refractivity contribution in [2.75, 3.05) is 13.2 Å². The Morgan fingerprint density at radius 1 is 0.962 bits per heavy atom. The van der Waals surface area contributed by atoms with Gasteiger partial charge in [0.05, 0.1) is 5.41 Å². The van der Waals surface area contributed by atoms with E-state index in [2.05, 4.69) is 0 Å². The van der Waals surface area contributed by atoms with Crippen LogP contribution in [0.15, 0.2) is 0 Å². The van der Waals surface area contributed by atoms with Crippen molar-refractivity contribution in [3.63, 3.8) is 0 Å². The number of unbranched alkanes of at least 4 members (excludes halogenated alkanes) is 6. The largest absolute Gasteiger partial charge is 0.475 e. The number of carboxylic acid groups (broad SMARTS) is 1. The molecule has 26 heavy (non-hydrogen) atoms. The summed E-state index contributed by atoms with van der Waals surface area (Å²) in [5, 5.41) is 8.79. The molecule has 148 valence electrons. The summed E-state index contributed by atoms with van der Waals surface area (Å²) in [5.74, 6) is -2.56. The van der Waals surface area contributed by atoms with Gasteiger partial charge in [0.2, 0.25) is 0 Å². The molecule has 1 saturated heterocycles. The number of ketones is 2. The van der Waals surface area contributed by atoms with E-state index in [9.17, 15) is 14.4 Å². The highest BCUT2D eigenvalue weighted by Crippen LogP contribution is 2.48. The topological polar surface area (TPSA) is 89.9 Å². The van der Waals surface area contributed by atoms with Gasteiger partial charge in [-0.2, -0.15) is 0 Å². The van der Waals surface area contributed by atoms with Gasteiger partial charge in [-0.05, 0) is 44.9 Å². The lowest BCUT2D eigenvalue weighted by Crippen LogP contribution is -2.31. The Kier molecular flexibility index (Phi) is 8.72. The Labute approximate surface area is 155 Å². The van der Waals surface area contributed by atoms with Crippen LogP contribution in [0.25, 0.3) is 0 Å². The number of rotatable bonds is 14. The molecule has 1 heterocycles. The lowest BCUT2D eigenvalue weighted by atomic mass is 9.91. The van der Waals surface area contributed by atoms with Gasteiger partial charge in [0.25, 0.3) is 5.78 Å². The summed E-state index contributed by atoms with van der Waals surface area (Å²) in [6.07, 6.45) is 11.7. The molecule has 6 nitrogen and oxygen atoms in total. The molecule has 0 amide bonds. The standard InChI is InChI=1S/C20H32O6/c21-16(20(12-13-20)18(22)19(23)24)10-6-4-2-1-3-5-8-14-25-17-11-7-9-15-26-17/h17H,1-15H2,(H,23,24). The molecule has 2 fully saturated rings. The van der Waals surface area contributed by atoms with Crippen LogP contribution in [0.3, 0.4) is 0 Å². The van der Waals surface area contributed by atoms with Crippen LogP contribution < -0.4 is 0 Å². The number of carbonyl (C=O) groups excluding carboxylic acids is 2. The molecule has 0 aromatic rings. The molecule has 2 rings (SSSR count). The Balaban J connectivity index is 1.41. The molecule has 1 N–H and O–H groups in total. The first-order valence-corrected chi connectivity index (χ1v) is 10.1. The minimum Gasteiger partial charge on any atom is -0.475 e. The SMILES string of the molecule is O=C(O)C(=O)C1(C(=O)CCCCCCCCCOC2CCCCO2)CC1. The molecule has 1 atom stereocenters. The minimum absolute atomic E-state index is 0.00376. The predicted molar refractivity (Wildman–Crippen MR) is 95.8 cm³/mol. The summed E-state index contributed by atoms with van der Waals surface area (Å²) >= 11 is 0. The van der Waals surface area contributed by atoms with E-state index >= 15 is 0 Å². The summed E-state index contributed by atoms with van der Waals surface area (Å²) in [7, 11) is 0. The number of aliphatic carboxylic acids is 1. The van der Waals surface area contributed by atoms with Crippen molar-refractivity contribution in [2.45, 2.75) is 89.8 Å². The second-order valence-electron chi connectivity index (χ2n) is 7.53. The van der Waals surface area contributed by atoms with E-state index in [4.69, 9.17) is 14.6 Å². The average Bonchev–Trinajstić information content (AvgIpc) is 3.45. The summed E-state index contributed by atoms with van der Waals surface area (Å²) in [6, 6.07) is 0. The van der Waals surface area contributed by atoms with Gasteiger partial charge < -0.3 is 14.6 Å². The van der Waals surface area contributed by atoms with Crippen LogP contribution in [-0.2, 0) is 23.9 Å². The Morgan fingerprint density at radius 2 is 1.62 bits per heavy atom. The van der Waals surface area contributed by atoms with Gasteiger partial charge in [-0.1, -0.05) is 32.1 Å². The highest BCUT2D eigenvalue weighted by molar-refractivity contribution is 6.40. The predicted octanol–water partition coefficient (Wildman–Crippen LogP) is 3.65. The van der Waals surface area contributed by atoms with Gasteiger partial charge in [0.1, 0.15) is 5.78 Å². The molecule has 0 aromatic heterocycles. The maximum absolute atomic E-state index is 12.1. The van der Waals surface area contributed by atoms with E-state index < -0.39 is 17.2 Å². The van der Waals surface area contributed by atoms with Gasteiger partial charge in [-0.15, -0.1) is 0 Å². The molecule has 1 saturated carbocycles. The zero-order valence-corrected chi connectivity index (χ0v) is 15.7. The van der Waals surface area contributed by atoms with Gasteiger partial charge in [-0.3, -0.25) is 9.59 Å². The van der Waals surface area contributed by atoms with Crippen LogP contribution in [0.5, 0.6) is 0 Å². The van der Waals surface area contributed by atoms with E-state index in [-0.39, 0.29) is 12.1 Å². The second kappa shape index (κ2) is 10.8. The molecular formula is C20H32O6. The Morgan fingerprint density at radius 3 is 2.19 bits per heavy atom. The fraction of sp³-hybridized carbons (Fsp3) is 0.850. The lowest BCUT2D eigenvalue weighted by Gasteiger charge is -2.22. The first-order chi connectivity index (χ1) is 12.6. The van der Waals surface area contributed by atoms with Crippen LogP contribution >= 0.6 is 0 Å². The highest BCUT2D eigenvalue weighted by Gasteiger charge is 2.57. The molecule has 2 aliphatic rings. The molecule has 0 spiro atoms. The summed E-state index contributed by atoms with van der Waals surface area (Å²) in [6.45, 7) is 1.58. The van der Waals surface area contributed by atoms with Crippen molar-refractivity contribution in [2.24, 2.45) is 5.41 Å². The number of Topliss-reactive ketones (excluding diaryl/α,β-unsaturated/α-hetero) is 2. The van der Waals surface area contributed by atoms with Gasteiger partial charge in [0, 0.05) is 19.6 Å². The van der Waals surface area contributed by atoms with Crippen LogP contribution in [0.4, 0.5) is 0 Å². The van der Waals surface area contributed by atoms with E-state index in [1.54, 1.807) is 0 Å². The van der Waals surface area contributed by atoms with Crippen molar-refractivity contribution in [3.05, 3.63) is 0 Å². The van der Waals surface area contributed by atoms with Crippen LogP contribution in [-0.4, -0.2) is 42.1 Å². The smallest absolute Gasteiger partial charge is 0.373 e. The normalized spacial score (nSPS) is 21.3. The maximum Gasteiger partial charge on any atom is 0.373 e. The van der Waals surface area contributed by atoms with Gasteiger partial charge in [-0.25, -0.2) is 4.79 Å². The quantitative estimate of drug-likeness (QED) is 0.286. The lowest BCUT2D eigenvalue weighted by molar-refractivity contribution is -0.162. The first-order valence-electron chi connectivity index (χ1n) is 10.1. The Hall–Kier alpha value is -1.27. The van der Waals surface area contributed by atoms with Crippen LogP contribution in [0, 0.1) is 5.41 Å². The number of ether oxygens (including phenoxy) is 2. The Bertz CT molecular complexity index is 477. The highest BCUT2D eigenvalue weighted by atomic mass is 16.7. The fourth-order valence-corrected chi connectivity index (χ4v) is 3.53. The van der Waals surface area contributed by atoms with E-state index in [1.807, 2.05) is 0 Å². The van der Waals surface area contributed by atoms with Crippen molar-refractivity contribution in [3.8, 4) is 0 Å². The average molecular weight is 368 g/mol. The van der Waals surface area contributed by atoms with Gasteiger partial charge >= 0.3 is 5.97 Å². The zero-order valence-electron chi connectivity index (χ0n) is 15.7.